The number of pyridine rings is 1. The molecular weight excluding hydrogens is 321 g/mol. The van der Waals surface area contributed by atoms with E-state index in [0.717, 1.165) is 12.1 Å². The Morgan fingerprint density at radius 1 is 1.33 bits per heavy atom. The summed E-state index contributed by atoms with van der Waals surface area (Å²) in [5, 5.41) is 19.3. The zero-order valence-corrected chi connectivity index (χ0v) is 13.2. The minimum absolute atomic E-state index is 0.110. The second-order valence-corrected chi connectivity index (χ2v) is 5.37. The van der Waals surface area contributed by atoms with Crippen molar-refractivity contribution in [2.45, 2.75) is 32.7 Å². The van der Waals surface area contributed by atoms with Gasteiger partial charge in [-0.1, -0.05) is 12.1 Å². The molecule has 0 saturated carbocycles. The van der Waals surface area contributed by atoms with Crippen molar-refractivity contribution in [3.05, 3.63) is 58.4 Å². The van der Waals surface area contributed by atoms with Gasteiger partial charge in [-0.25, -0.2) is 0 Å². The summed E-state index contributed by atoms with van der Waals surface area (Å²) >= 11 is 0. The minimum atomic E-state index is -4.41. The van der Waals surface area contributed by atoms with Gasteiger partial charge in [0.15, 0.2) is 0 Å². The van der Waals surface area contributed by atoms with Crippen molar-refractivity contribution in [1.29, 1.82) is 0 Å². The topological polar surface area (TPSA) is 65.7 Å². The predicted molar refractivity (Wildman–Crippen MR) is 84.0 cm³/mol. The molecule has 4 nitrogen and oxygen atoms in total. The van der Waals surface area contributed by atoms with Gasteiger partial charge in [0.2, 0.25) is 0 Å². The maximum atomic E-state index is 12.8. The molecule has 0 spiro atoms. The first kappa shape index (κ1) is 17.9. The second kappa shape index (κ2) is 7.00. The number of aliphatic hydroxyl groups is 1. The Kier molecular flexibility index (Phi) is 5.23. The van der Waals surface area contributed by atoms with Crippen LogP contribution in [0.2, 0.25) is 0 Å². The van der Waals surface area contributed by atoms with Gasteiger partial charge in [0.05, 0.1) is 23.9 Å². The Labute approximate surface area is 137 Å². The molecule has 2 N–H and O–H groups in total. The van der Waals surface area contributed by atoms with Gasteiger partial charge in [-0.15, -0.1) is 0 Å². The van der Waals surface area contributed by atoms with Crippen LogP contribution in [0.25, 0.3) is 0 Å². The lowest BCUT2D eigenvalue weighted by molar-refractivity contribution is -0.137. The molecule has 0 aliphatic carbocycles. The van der Waals surface area contributed by atoms with E-state index >= 15 is 0 Å². The molecule has 0 bridgehead atoms. The van der Waals surface area contributed by atoms with Crippen molar-refractivity contribution in [3.63, 3.8) is 0 Å². The zero-order valence-electron chi connectivity index (χ0n) is 13.2. The summed E-state index contributed by atoms with van der Waals surface area (Å²) in [6.07, 6.45) is -1.64. The third-order valence-corrected chi connectivity index (χ3v) is 3.65. The van der Waals surface area contributed by atoms with E-state index in [9.17, 15) is 23.4 Å². The van der Waals surface area contributed by atoms with Crippen LogP contribution in [0.5, 0.6) is 5.75 Å². The fourth-order valence-electron chi connectivity index (χ4n) is 2.17. The van der Waals surface area contributed by atoms with Crippen LogP contribution >= 0.6 is 0 Å². The van der Waals surface area contributed by atoms with Gasteiger partial charge in [0, 0.05) is 23.5 Å². The Hall–Kier alpha value is -2.41. The van der Waals surface area contributed by atoms with E-state index < -0.39 is 17.8 Å². The molecule has 0 aliphatic heterocycles. The molecule has 0 saturated heterocycles. The number of nitrogens with zero attached hydrogens (tertiary/aromatic N) is 2. The molecule has 0 radical (unpaired) electrons. The van der Waals surface area contributed by atoms with Crippen LogP contribution in [0.3, 0.4) is 0 Å². The summed E-state index contributed by atoms with van der Waals surface area (Å²) in [5.74, 6) is -0.110. The predicted octanol–water partition coefficient (Wildman–Crippen LogP) is 3.79. The molecule has 1 atom stereocenters. The Morgan fingerprint density at radius 3 is 2.67 bits per heavy atom. The van der Waals surface area contributed by atoms with Crippen molar-refractivity contribution in [2.75, 3.05) is 0 Å². The SMILES string of the molecule is Cc1ncc(CO)c(C=N[C@@H](C)c2cccc(C(F)(F)F)c2)c1O. The highest BCUT2D eigenvalue weighted by atomic mass is 19.4. The number of hydrogen-bond donors (Lipinski definition) is 2. The monoisotopic (exact) mass is 338 g/mol. The summed E-state index contributed by atoms with van der Waals surface area (Å²) in [7, 11) is 0. The molecule has 0 aliphatic rings. The lowest BCUT2D eigenvalue weighted by Gasteiger charge is -2.12. The van der Waals surface area contributed by atoms with Gasteiger partial charge in [-0.2, -0.15) is 13.2 Å². The fourth-order valence-corrected chi connectivity index (χ4v) is 2.17. The highest BCUT2D eigenvalue weighted by molar-refractivity contribution is 5.85. The maximum Gasteiger partial charge on any atom is 0.416 e. The average molecular weight is 338 g/mol. The maximum absolute atomic E-state index is 12.8. The van der Waals surface area contributed by atoms with E-state index in [4.69, 9.17) is 0 Å². The number of halogens is 3. The molecular formula is C17H17F3N2O2. The van der Waals surface area contributed by atoms with E-state index in [0.29, 0.717) is 22.4 Å². The fraction of sp³-hybridized carbons (Fsp3) is 0.294. The van der Waals surface area contributed by atoms with Crippen molar-refractivity contribution < 1.29 is 23.4 Å². The van der Waals surface area contributed by atoms with Crippen LogP contribution in [0.4, 0.5) is 13.2 Å². The van der Waals surface area contributed by atoms with Gasteiger partial charge in [-0.05, 0) is 31.5 Å². The molecule has 1 heterocycles. The quantitative estimate of drug-likeness (QED) is 0.834. The molecule has 0 amide bonds. The summed E-state index contributed by atoms with van der Waals surface area (Å²) in [4.78, 5) is 8.14. The normalized spacial score (nSPS) is 13.4. The van der Waals surface area contributed by atoms with Gasteiger partial charge in [0.25, 0.3) is 0 Å². The molecule has 24 heavy (non-hydrogen) atoms. The van der Waals surface area contributed by atoms with E-state index in [1.165, 1.54) is 18.5 Å². The van der Waals surface area contributed by atoms with E-state index in [2.05, 4.69) is 9.98 Å². The Bertz CT molecular complexity index is 758. The molecule has 0 fully saturated rings. The van der Waals surface area contributed by atoms with Gasteiger partial charge in [0.1, 0.15) is 5.75 Å². The molecule has 0 unspecified atom stereocenters. The first-order valence-electron chi connectivity index (χ1n) is 7.22. The van der Waals surface area contributed by atoms with E-state index in [-0.39, 0.29) is 12.4 Å². The Morgan fingerprint density at radius 2 is 2.04 bits per heavy atom. The van der Waals surface area contributed by atoms with E-state index in [1.54, 1.807) is 19.9 Å². The molecule has 7 heteroatoms. The van der Waals surface area contributed by atoms with Gasteiger partial charge >= 0.3 is 6.18 Å². The lowest BCUT2D eigenvalue weighted by Crippen LogP contribution is -2.06. The number of aromatic nitrogens is 1. The number of rotatable bonds is 4. The van der Waals surface area contributed by atoms with Crippen LogP contribution in [-0.4, -0.2) is 21.4 Å². The summed E-state index contributed by atoms with van der Waals surface area (Å²) in [6.45, 7) is 2.92. The Balaban J connectivity index is 2.32. The average Bonchev–Trinajstić information content (AvgIpc) is 2.55. The molecule has 2 rings (SSSR count). The van der Waals surface area contributed by atoms with Crippen LogP contribution in [0.1, 0.15) is 40.9 Å². The number of aliphatic hydroxyl groups excluding tert-OH is 1. The van der Waals surface area contributed by atoms with Crippen LogP contribution in [0, 0.1) is 6.92 Å². The number of aryl methyl sites for hydroxylation is 1. The standard InChI is InChI=1S/C17H17F3N2O2/c1-10(12-4-3-5-14(6-12)17(18,19)20)22-8-15-13(9-23)7-21-11(2)16(15)24/h3-8,10,23-24H,9H2,1-2H3/t10-/m0/s1. The molecule has 1 aromatic heterocycles. The molecule has 1 aromatic carbocycles. The zero-order chi connectivity index (χ0) is 17.9. The molecule has 2 aromatic rings. The van der Waals surface area contributed by atoms with Crippen LogP contribution in [0.15, 0.2) is 35.5 Å². The third kappa shape index (κ3) is 3.91. The smallest absolute Gasteiger partial charge is 0.416 e. The van der Waals surface area contributed by atoms with Crippen molar-refractivity contribution in [3.8, 4) is 5.75 Å². The highest BCUT2D eigenvalue weighted by Crippen LogP contribution is 2.31. The number of benzene rings is 1. The third-order valence-electron chi connectivity index (χ3n) is 3.65. The number of aromatic hydroxyl groups is 1. The number of aliphatic imine (C=N–C) groups is 1. The largest absolute Gasteiger partial charge is 0.505 e. The first-order valence-corrected chi connectivity index (χ1v) is 7.22. The highest BCUT2D eigenvalue weighted by Gasteiger charge is 2.30. The van der Waals surface area contributed by atoms with Crippen molar-refractivity contribution in [2.24, 2.45) is 4.99 Å². The summed E-state index contributed by atoms with van der Waals surface area (Å²) in [5.41, 5.74) is 0.736. The van der Waals surface area contributed by atoms with Gasteiger partial charge < -0.3 is 10.2 Å². The van der Waals surface area contributed by atoms with E-state index in [1.807, 2.05) is 0 Å². The van der Waals surface area contributed by atoms with Crippen LogP contribution < -0.4 is 0 Å². The number of hydrogen-bond acceptors (Lipinski definition) is 4. The molecule has 128 valence electrons. The number of alkyl halides is 3. The summed E-state index contributed by atoms with van der Waals surface area (Å²) in [6, 6.07) is 4.39. The van der Waals surface area contributed by atoms with Crippen molar-refractivity contribution in [1.82, 2.24) is 4.98 Å². The second-order valence-electron chi connectivity index (χ2n) is 5.37. The van der Waals surface area contributed by atoms with Gasteiger partial charge in [-0.3, -0.25) is 9.98 Å². The lowest BCUT2D eigenvalue weighted by atomic mass is 10.0. The minimum Gasteiger partial charge on any atom is -0.505 e. The van der Waals surface area contributed by atoms with Crippen molar-refractivity contribution >= 4 is 6.21 Å². The summed E-state index contributed by atoms with van der Waals surface area (Å²) < 4.78 is 38.3. The first-order chi connectivity index (χ1) is 11.2. The van der Waals surface area contributed by atoms with Crippen LogP contribution in [-0.2, 0) is 12.8 Å².